The number of rotatable bonds is 3. The van der Waals surface area contributed by atoms with E-state index in [1.807, 2.05) is 6.92 Å². The zero-order chi connectivity index (χ0) is 14.1. The highest BCUT2D eigenvalue weighted by Crippen LogP contribution is 2.25. The number of aryl methyl sites for hydroxylation is 3. The molecule has 0 atom stereocenters. The third kappa shape index (κ3) is 2.68. The molecule has 3 aromatic rings. The standard InChI is InChI=1S/C17H18N2S/c1-11-4-5-12(2)14(8-11)10-18-15-6-7-16-17(9-15)20-13(3)19-16/h4-9,18H,10H2,1-3H3. The second-order valence-electron chi connectivity index (χ2n) is 5.20. The Bertz CT molecular complexity index is 759. The summed E-state index contributed by atoms with van der Waals surface area (Å²) in [6.45, 7) is 7.20. The van der Waals surface area contributed by atoms with Crippen molar-refractivity contribution in [3.63, 3.8) is 0 Å². The number of benzene rings is 2. The summed E-state index contributed by atoms with van der Waals surface area (Å²) in [5.74, 6) is 0. The minimum absolute atomic E-state index is 0.858. The SMILES string of the molecule is Cc1ccc(C)c(CNc2ccc3nc(C)sc3c2)c1. The average molecular weight is 282 g/mol. The van der Waals surface area contributed by atoms with Crippen molar-refractivity contribution in [2.75, 3.05) is 5.32 Å². The van der Waals surface area contributed by atoms with Crippen LogP contribution in [0.1, 0.15) is 21.7 Å². The Morgan fingerprint density at radius 3 is 2.75 bits per heavy atom. The maximum absolute atomic E-state index is 4.49. The molecule has 0 aliphatic carbocycles. The number of anilines is 1. The summed E-state index contributed by atoms with van der Waals surface area (Å²) in [5, 5.41) is 4.63. The molecule has 0 saturated heterocycles. The molecule has 1 heterocycles. The third-order valence-corrected chi connectivity index (χ3v) is 4.42. The molecule has 2 nitrogen and oxygen atoms in total. The largest absolute Gasteiger partial charge is 0.381 e. The lowest BCUT2D eigenvalue weighted by atomic mass is 10.1. The molecule has 0 spiro atoms. The molecule has 0 bridgehead atoms. The molecule has 102 valence electrons. The van der Waals surface area contributed by atoms with E-state index in [1.54, 1.807) is 11.3 Å². The topological polar surface area (TPSA) is 24.9 Å². The summed E-state index contributed by atoms with van der Waals surface area (Å²) < 4.78 is 1.24. The molecular weight excluding hydrogens is 264 g/mol. The second kappa shape index (κ2) is 5.25. The van der Waals surface area contributed by atoms with Gasteiger partial charge in [0.1, 0.15) is 0 Å². The fraction of sp³-hybridized carbons (Fsp3) is 0.235. The summed E-state index contributed by atoms with van der Waals surface area (Å²) >= 11 is 1.74. The lowest BCUT2D eigenvalue weighted by Crippen LogP contribution is -2.01. The smallest absolute Gasteiger partial charge is 0.0907 e. The maximum Gasteiger partial charge on any atom is 0.0907 e. The summed E-state index contributed by atoms with van der Waals surface area (Å²) in [6.07, 6.45) is 0. The Balaban J connectivity index is 1.80. The highest BCUT2D eigenvalue weighted by molar-refractivity contribution is 7.18. The first kappa shape index (κ1) is 13.1. The Kier molecular flexibility index (Phi) is 3.45. The van der Waals surface area contributed by atoms with Crippen LogP contribution in [0.25, 0.3) is 10.2 Å². The molecule has 1 N–H and O–H groups in total. The Morgan fingerprint density at radius 1 is 1.05 bits per heavy atom. The van der Waals surface area contributed by atoms with Crippen LogP contribution in [0, 0.1) is 20.8 Å². The van der Waals surface area contributed by atoms with E-state index in [0.717, 1.165) is 22.8 Å². The third-order valence-electron chi connectivity index (χ3n) is 3.48. The molecule has 1 aromatic heterocycles. The van der Waals surface area contributed by atoms with E-state index < -0.39 is 0 Å². The average Bonchev–Trinajstić information content (AvgIpc) is 2.79. The van der Waals surface area contributed by atoms with Gasteiger partial charge in [0, 0.05) is 12.2 Å². The first-order chi connectivity index (χ1) is 9.61. The summed E-state index contributed by atoms with van der Waals surface area (Å²) in [6, 6.07) is 13.0. The second-order valence-corrected chi connectivity index (χ2v) is 6.43. The van der Waals surface area contributed by atoms with Crippen LogP contribution in [-0.4, -0.2) is 4.98 Å². The Hall–Kier alpha value is -1.87. The van der Waals surface area contributed by atoms with Crippen molar-refractivity contribution < 1.29 is 0 Å². The van der Waals surface area contributed by atoms with Gasteiger partial charge in [-0.2, -0.15) is 0 Å². The normalized spacial score (nSPS) is 10.9. The molecule has 0 amide bonds. The van der Waals surface area contributed by atoms with Gasteiger partial charge < -0.3 is 5.32 Å². The van der Waals surface area contributed by atoms with Gasteiger partial charge in [0.25, 0.3) is 0 Å². The van der Waals surface area contributed by atoms with E-state index in [0.29, 0.717) is 0 Å². The van der Waals surface area contributed by atoms with Gasteiger partial charge in [0.15, 0.2) is 0 Å². The van der Waals surface area contributed by atoms with Gasteiger partial charge in [-0.25, -0.2) is 4.98 Å². The number of aromatic nitrogens is 1. The van der Waals surface area contributed by atoms with E-state index in [4.69, 9.17) is 0 Å². The number of fused-ring (bicyclic) bond motifs is 1. The van der Waals surface area contributed by atoms with E-state index in [-0.39, 0.29) is 0 Å². The Labute approximate surface area is 123 Å². The van der Waals surface area contributed by atoms with Gasteiger partial charge in [0.2, 0.25) is 0 Å². The molecule has 0 aliphatic rings. The van der Waals surface area contributed by atoms with E-state index in [1.165, 1.54) is 21.4 Å². The van der Waals surface area contributed by atoms with Crippen LogP contribution < -0.4 is 5.32 Å². The quantitative estimate of drug-likeness (QED) is 0.744. The zero-order valence-electron chi connectivity index (χ0n) is 12.0. The van der Waals surface area contributed by atoms with Gasteiger partial charge in [0.05, 0.1) is 15.2 Å². The molecule has 0 fully saturated rings. The van der Waals surface area contributed by atoms with Gasteiger partial charge in [-0.3, -0.25) is 0 Å². The molecule has 0 unspecified atom stereocenters. The monoisotopic (exact) mass is 282 g/mol. The van der Waals surface area contributed by atoms with Gasteiger partial charge >= 0.3 is 0 Å². The lowest BCUT2D eigenvalue weighted by Gasteiger charge is -2.10. The molecule has 0 radical (unpaired) electrons. The highest BCUT2D eigenvalue weighted by Gasteiger charge is 2.03. The molecule has 0 aliphatic heterocycles. The van der Waals surface area contributed by atoms with Crippen molar-refractivity contribution in [1.82, 2.24) is 4.98 Å². The van der Waals surface area contributed by atoms with Crippen molar-refractivity contribution in [1.29, 1.82) is 0 Å². The lowest BCUT2D eigenvalue weighted by molar-refractivity contribution is 1.11. The van der Waals surface area contributed by atoms with Crippen LogP contribution in [0.3, 0.4) is 0 Å². The number of nitrogens with one attached hydrogen (secondary N) is 1. The molecule has 3 rings (SSSR count). The van der Waals surface area contributed by atoms with Crippen LogP contribution in [0.2, 0.25) is 0 Å². The van der Waals surface area contributed by atoms with Crippen LogP contribution >= 0.6 is 11.3 Å². The summed E-state index contributed by atoms with van der Waals surface area (Å²) in [5.41, 5.74) is 6.23. The molecule has 2 aromatic carbocycles. The van der Waals surface area contributed by atoms with Crippen molar-refractivity contribution in [3.05, 3.63) is 58.1 Å². The van der Waals surface area contributed by atoms with Gasteiger partial charge in [-0.15, -0.1) is 11.3 Å². The zero-order valence-corrected chi connectivity index (χ0v) is 12.8. The highest BCUT2D eigenvalue weighted by atomic mass is 32.1. The first-order valence-corrected chi connectivity index (χ1v) is 7.61. The van der Waals surface area contributed by atoms with Crippen molar-refractivity contribution in [2.45, 2.75) is 27.3 Å². The van der Waals surface area contributed by atoms with Crippen LogP contribution in [-0.2, 0) is 6.54 Å². The van der Waals surface area contributed by atoms with E-state index >= 15 is 0 Å². The molecule has 0 saturated carbocycles. The number of thiazole rings is 1. The summed E-state index contributed by atoms with van der Waals surface area (Å²) in [4.78, 5) is 4.49. The fourth-order valence-corrected chi connectivity index (χ4v) is 3.20. The van der Waals surface area contributed by atoms with Crippen molar-refractivity contribution in [3.8, 4) is 0 Å². The number of hydrogen-bond donors (Lipinski definition) is 1. The molecule has 3 heteroatoms. The predicted octanol–water partition coefficient (Wildman–Crippen LogP) is 4.83. The molecule has 20 heavy (non-hydrogen) atoms. The van der Waals surface area contributed by atoms with Gasteiger partial charge in [-0.05, 0) is 50.1 Å². The van der Waals surface area contributed by atoms with Crippen molar-refractivity contribution >= 4 is 27.2 Å². The van der Waals surface area contributed by atoms with Crippen LogP contribution in [0.5, 0.6) is 0 Å². The summed E-state index contributed by atoms with van der Waals surface area (Å²) in [7, 11) is 0. The van der Waals surface area contributed by atoms with Crippen LogP contribution in [0.15, 0.2) is 36.4 Å². The van der Waals surface area contributed by atoms with E-state index in [9.17, 15) is 0 Å². The van der Waals surface area contributed by atoms with E-state index in [2.05, 4.69) is 60.5 Å². The first-order valence-electron chi connectivity index (χ1n) is 6.79. The number of hydrogen-bond acceptors (Lipinski definition) is 3. The van der Waals surface area contributed by atoms with Crippen molar-refractivity contribution in [2.24, 2.45) is 0 Å². The molecular formula is C17H18N2S. The fourth-order valence-electron chi connectivity index (χ4n) is 2.34. The number of nitrogens with zero attached hydrogens (tertiary/aromatic N) is 1. The minimum Gasteiger partial charge on any atom is -0.381 e. The van der Waals surface area contributed by atoms with Gasteiger partial charge in [-0.1, -0.05) is 23.8 Å². The minimum atomic E-state index is 0.858. The Morgan fingerprint density at radius 2 is 1.90 bits per heavy atom. The predicted molar refractivity (Wildman–Crippen MR) is 87.6 cm³/mol. The van der Waals surface area contributed by atoms with Crippen LogP contribution in [0.4, 0.5) is 5.69 Å². The maximum atomic E-state index is 4.49.